The van der Waals surface area contributed by atoms with E-state index in [4.69, 9.17) is 9.84 Å². The molecule has 1 rings (SSSR count). The highest BCUT2D eigenvalue weighted by Gasteiger charge is 2.11. The molecule has 0 aliphatic rings. The maximum absolute atomic E-state index is 11.3. The third-order valence-corrected chi connectivity index (χ3v) is 2.53. The van der Waals surface area contributed by atoms with E-state index in [9.17, 15) is 4.79 Å². The summed E-state index contributed by atoms with van der Waals surface area (Å²) < 4.78 is 5.31. The van der Waals surface area contributed by atoms with Crippen LogP contribution in [0.2, 0.25) is 0 Å². The molecule has 1 unspecified atom stereocenters. The van der Waals surface area contributed by atoms with Crippen LogP contribution in [0.15, 0.2) is 12.1 Å². The molecular formula is C13H19NO3. The minimum absolute atomic E-state index is 0.357. The van der Waals surface area contributed by atoms with Gasteiger partial charge in [-0.1, -0.05) is 17.7 Å². The molecule has 17 heavy (non-hydrogen) atoms. The van der Waals surface area contributed by atoms with Crippen LogP contribution in [0, 0.1) is 13.8 Å². The lowest BCUT2D eigenvalue weighted by atomic mass is 10.1. The van der Waals surface area contributed by atoms with Crippen LogP contribution in [0.5, 0.6) is 5.75 Å². The van der Waals surface area contributed by atoms with Crippen molar-refractivity contribution in [1.82, 2.24) is 5.32 Å². The maximum atomic E-state index is 11.3. The molecule has 0 aromatic heterocycles. The Kier molecular flexibility index (Phi) is 4.52. The SMILES string of the molecule is COc1c(C)cc(C)cc1CNC(=O)C(C)O. The lowest BCUT2D eigenvalue weighted by Crippen LogP contribution is -2.32. The molecule has 0 heterocycles. The lowest BCUT2D eigenvalue weighted by Gasteiger charge is -2.14. The molecule has 4 heteroatoms. The minimum atomic E-state index is -0.994. The van der Waals surface area contributed by atoms with Gasteiger partial charge in [-0.25, -0.2) is 0 Å². The van der Waals surface area contributed by atoms with E-state index in [0.29, 0.717) is 6.54 Å². The van der Waals surface area contributed by atoms with Crippen molar-refractivity contribution in [1.29, 1.82) is 0 Å². The van der Waals surface area contributed by atoms with Gasteiger partial charge in [-0.2, -0.15) is 0 Å². The molecule has 2 N–H and O–H groups in total. The van der Waals surface area contributed by atoms with E-state index in [1.54, 1.807) is 7.11 Å². The number of rotatable bonds is 4. The monoisotopic (exact) mass is 237 g/mol. The molecule has 0 aliphatic heterocycles. The summed E-state index contributed by atoms with van der Waals surface area (Å²) in [6, 6.07) is 3.99. The molecule has 0 bridgehead atoms. The summed E-state index contributed by atoms with van der Waals surface area (Å²) in [7, 11) is 1.61. The van der Waals surface area contributed by atoms with Crippen molar-refractivity contribution in [2.45, 2.75) is 33.4 Å². The van der Waals surface area contributed by atoms with Gasteiger partial charge in [0.1, 0.15) is 11.9 Å². The first-order valence-electron chi connectivity index (χ1n) is 5.55. The number of aliphatic hydroxyl groups excluding tert-OH is 1. The fourth-order valence-electron chi connectivity index (χ4n) is 1.80. The quantitative estimate of drug-likeness (QED) is 0.830. The van der Waals surface area contributed by atoms with Crippen LogP contribution in [-0.2, 0) is 11.3 Å². The fourth-order valence-corrected chi connectivity index (χ4v) is 1.80. The second-order valence-corrected chi connectivity index (χ2v) is 4.17. The average molecular weight is 237 g/mol. The smallest absolute Gasteiger partial charge is 0.248 e. The van der Waals surface area contributed by atoms with Crippen LogP contribution >= 0.6 is 0 Å². The van der Waals surface area contributed by atoms with Crippen molar-refractivity contribution >= 4 is 5.91 Å². The maximum Gasteiger partial charge on any atom is 0.248 e. The predicted molar refractivity (Wildman–Crippen MR) is 66.0 cm³/mol. The first-order valence-corrected chi connectivity index (χ1v) is 5.55. The number of hydrogen-bond acceptors (Lipinski definition) is 3. The first kappa shape index (κ1) is 13.5. The fraction of sp³-hybridized carbons (Fsp3) is 0.462. The van der Waals surface area contributed by atoms with Gasteiger partial charge in [-0.3, -0.25) is 4.79 Å². The molecule has 0 saturated carbocycles. The van der Waals surface area contributed by atoms with E-state index in [-0.39, 0.29) is 5.91 Å². The van der Waals surface area contributed by atoms with Gasteiger partial charge in [-0.05, 0) is 26.3 Å². The summed E-state index contributed by atoms with van der Waals surface area (Å²) in [6.45, 7) is 5.75. The van der Waals surface area contributed by atoms with Gasteiger partial charge in [0.05, 0.1) is 7.11 Å². The van der Waals surface area contributed by atoms with Gasteiger partial charge in [0.25, 0.3) is 0 Å². The standard InChI is InChI=1S/C13H19NO3/c1-8-5-9(2)12(17-4)11(6-8)7-14-13(16)10(3)15/h5-6,10,15H,7H2,1-4H3,(H,14,16). The second-order valence-electron chi connectivity index (χ2n) is 4.17. The van der Waals surface area contributed by atoms with Crippen molar-refractivity contribution < 1.29 is 14.6 Å². The summed E-state index contributed by atoms with van der Waals surface area (Å²) in [5, 5.41) is 11.7. The number of methoxy groups -OCH3 is 1. The van der Waals surface area contributed by atoms with Crippen LogP contribution in [-0.4, -0.2) is 24.2 Å². The largest absolute Gasteiger partial charge is 0.496 e. The van der Waals surface area contributed by atoms with Crippen molar-refractivity contribution in [3.05, 3.63) is 28.8 Å². The molecule has 1 aromatic carbocycles. The molecule has 94 valence electrons. The Labute approximate surface area is 102 Å². The second kappa shape index (κ2) is 5.68. The van der Waals surface area contributed by atoms with E-state index < -0.39 is 6.10 Å². The highest BCUT2D eigenvalue weighted by molar-refractivity contribution is 5.80. The van der Waals surface area contributed by atoms with E-state index >= 15 is 0 Å². The third-order valence-electron chi connectivity index (χ3n) is 2.53. The zero-order valence-corrected chi connectivity index (χ0v) is 10.7. The highest BCUT2D eigenvalue weighted by atomic mass is 16.5. The number of carbonyl (C=O) groups excluding carboxylic acids is 1. The summed E-state index contributed by atoms with van der Waals surface area (Å²) in [4.78, 5) is 11.3. The molecule has 1 amide bonds. The number of carbonyl (C=O) groups is 1. The van der Waals surface area contributed by atoms with Gasteiger partial charge >= 0.3 is 0 Å². The molecule has 0 spiro atoms. The van der Waals surface area contributed by atoms with Gasteiger partial charge in [0.2, 0.25) is 5.91 Å². The van der Waals surface area contributed by atoms with Gasteiger partial charge in [-0.15, -0.1) is 0 Å². The Hall–Kier alpha value is -1.55. The van der Waals surface area contributed by atoms with Crippen LogP contribution in [0.4, 0.5) is 0 Å². The predicted octanol–water partition coefficient (Wildman–Crippen LogP) is 1.31. The summed E-state index contributed by atoms with van der Waals surface area (Å²) in [6.07, 6.45) is -0.994. The topological polar surface area (TPSA) is 58.6 Å². The van der Waals surface area contributed by atoms with Crippen molar-refractivity contribution in [3.63, 3.8) is 0 Å². The Morgan fingerprint density at radius 2 is 2.12 bits per heavy atom. The van der Waals surface area contributed by atoms with E-state index in [1.807, 2.05) is 26.0 Å². The number of amides is 1. The zero-order valence-electron chi connectivity index (χ0n) is 10.7. The number of aliphatic hydroxyl groups is 1. The number of ether oxygens (including phenoxy) is 1. The summed E-state index contributed by atoms with van der Waals surface area (Å²) in [5.41, 5.74) is 3.07. The molecule has 0 radical (unpaired) electrons. The van der Waals surface area contributed by atoms with Crippen molar-refractivity contribution in [2.24, 2.45) is 0 Å². The Bertz CT molecular complexity index is 413. The number of hydrogen-bond donors (Lipinski definition) is 2. The molecule has 0 aliphatic carbocycles. The van der Waals surface area contributed by atoms with E-state index in [2.05, 4.69) is 5.32 Å². The molecule has 0 saturated heterocycles. The summed E-state index contributed by atoms with van der Waals surface area (Å²) in [5.74, 6) is 0.396. The van der Waals surface area contributed by atoms with E-state index in [1.165, 1.54) is 6.92 Å². The van der Waals surface area contributed by atoms with Gasteiger partial charge in [0, 0.05) is 12.1 Å². The number of benzene rings is 1. The normalized spacial score (nSPS) is 12.1. The van der Waals surface area contributed by atoms with Gasteiger partial charge < -0.3 is 15.2 Å². The minimum Gasteiger partial charge on any atom is -0.496 e. The van der Waals surface area contributed by atoms with Gasteiger partial charge in [0.15, 0.2) is 0 Å². The number of aryl methyl sites for hydroxylation is 2. The molecular weight excluding hydrogens is 218 g/mol. The average Bonchev–Trinajstić information content (AvgIpc) is 2.24. The molecule has 0 fully saturated rings. The Balaban J connectivity index is 2.86. The highest BCUT2D eigenvalue weighted by Crippen LogP contribution is 2.24. The van der Waals surface area contributed by atoms with Crippen molar-refractivity contribution in [3.8, 4) is 5.75 Å². The van der Waals surface area contributed by atoms with Crippen LogP contribution in [0.25, 0.3) is 0 Å². The molecule has 4 nitrogen and oxygen atoms in total. The third kappa shape index (κ3) is 3.46. The van der Waals surface area contributed by atoms with Crippen LogP contribution in [0.1, 0.15) is 23.6 Å². The Morgan fingerprint density at radius 1 is 1.47 bits per heavy atom. The Morgan fingerprint density at radius 3 is 2.65 bits per heavy atom. The first-order chi connectivity index (χ1) is 7.95. The van der Waals surface area contributed by atoms with E-state index in [0.717, 1.165) is 22.4 Å². The lowest BCUT2D eigenvalue weighted by molar-refractivity contribution is -0.128. The molecule has 1 atom stereocenters. The zero-order chi connectivity index (χ0) is 13.0. The van der Waals surface area contributed by atoms with Crippen LogP contribution in [0.3, 0.4) is 0 Å². The molecule has 1 aromatic rings. The summed E-state index contributed by atoms with van der Waals surface area (Å²) >= 11 is 0. The van der Waals surface area contributed by atoms with Crippen LogP contribution < -0.4 is 10.1 Å². The van der Waals surface area contributed by atoms with Crippen molar-refractivity contribution in [2.75, 3.05) is 7.11 Å². The number of nitrogens with one attached hydrogen (secondary N) is 1.